The van der Waals surface area contributed by atoms with Crippen LogP contribution in [-0.2, 0) is 6.42 Å². The predicted molar refractivity (Wildman–Crippen MR) is 84.4 cm³/mol. The maximum absolute atomic E-state index is 12.6. The number of anilines is 1. The highest BCUT2D eigenvalue weighted by Gasteiger charge is 2.25. The van der Waals surface area contributed by atoms with E-state index in [2.05, 4.69) is 32.4 Å². The molecule has 0 bridgehead atoms. The molecular weight excluding hydrogens is 292 g/mol. The molecule has 0 unspecified atom stereocenters. The molecule has 0 spiro atoms. The van der Waals surface area contributed by atoms with Crippen molar-refractivity contribution >= 4 is 17.5 Å². The first kappa shape index (κ1) is 13.8. The molecule has 1 N–H and O–H groups in total. The Hall–Kier alpha value is -2.83. The predicted octanol–water partition coefficient (Wildman–Crippen LogP) is 2.13. The zero-order valence-corrected chi connectivity index (χ0v) is 12.9. The maximum Gasteiger partial charge on any atom is 0.261 e. The Kier molecular flexibility index (Phi) is 3.07. The van der Waals surface area contributed by atoms with E-state index in [4.69, 9.17) is 0 Å². The Balaban J connectivity index is 1.76. The van der Waals surface area contributed by atoms with E-state index >= 15 is 0 Å². The topological polar surface area (TPSA) is 85.1 Å². The first-order valence-electron chi connectivity index (χ1n) is 7.59. The number of amides is 1. The van der Waals surface area contributed by atoms with E-state index in [1.54, 1.807) is 18.7 Å². The monoisotopic (exact) mass is 308 g/mol. The highest BCUT2D eigenvalue weighted by molar-refractivity contribution is 6.07. The van der Waals surface area contributed by atoms with Gasteiger partial charge in [0.15, 0.2) is 5.65 Å². The molecule has 7 nitrogen and oxygen atoms in total. The molecule has 0 aromatic carbocycles. The van der Waals surface area contributed by atoms with Crippen molar-refractivity contribution in [2.75, 3.05) is 5.32 Å². The summed E-state index contributed by atoms with van der Waals surface area (Å²) in [6.45, 7) is 4.07. The van der Waals surface area contributed by atoms with Crippen LogP contribution < -0.4 is 5.32 Å². The molecule has 7 heteroatoms. The highest BCUT2D eigenvalue weighted by atomic mass is 16.1. The summed E-state index contributed by atoms with van der Waals surface area (Å²) >= 11 is 0. The summed E-state index contributed by atoms with van der Waals surface area (Å²) < 4.78 is 1.92. The molecule has 0 saturated carbocycles. The molecule has 23 heavy (non-hydrogen) atoms. The van der Waals surface area contributed by atoms with Crippen LogP contribution in [0.15, 0.2) is 24.8 Å². The van der Waals surface area contributed by atoms with Crippen molar-refractivity contribution in [2.45, 2.75) is 32.6 Å². The lowest BCUT2D eigenvalue weighted by atomic mass is 10.0. The number of fused-ring (bicyclic) bond motifs is 3. The number of carbonyl (C=O) groups is 1. The minimum Gasteiger partial charge on any atom is -0.290 e. The normalized spacial score (nSPS) is 16.5. The largest absolute Gasteiger partial charge is 0.290 e. The van der Waals surface area contributed by atoms with Crippen molar-refractivity contribution in [3.05, 3.63) is 47.2 Å². The Morgan fingerprint density at radius 1 is 1.35 bits per heavy atom. The van der Waals surface area contributed by atoms with Gasteiger partial charge in [-0.15, -0.1) is 10.2 Å². The van der Waals surface area contributed by atoms with Gasteiger partial charge in [0.25, 0.3) is 5.91 Å². The number of nitrogens with one attached hydrogen (secondary N) is 1. The minimum absolute atomic E-state index is 0.270. The second kappa shape index (κ2) is 5.12. The molecule has 1 aliphatic rings. The number of hydrogen-bond donors (Lipinski definition) is 1. The van der Waals surface area contributed by atoms with Crippen molar-refractivity contribution < 1.29 is 4.79 Å². The van der Waals surface area contributed by atoms with Gasteiger partial charge in [-0.25, -0.2) is 9.97 Å². The molecule has 1 atom stereocenters. The summed E-state index contributed by atoms with van der Waals surface area (Å²) in [6.07, 6.45) is 7.06. The molecule has 0 fully saturated rings. The zero-order valence-electron chi connectivity index (χ0n) is 12.9. The van der Waals surface area contributed by atoms with E-state index in [0.29, 0.717) is 17.1 Å². The summed E-state index contributed by atoms with van der Waals surface area (Å²) in [7, 11) is 0. The average Bonchev–Trinajstić information content (AvgIpc) is 3.15. The molecule has 116 valence electrons. The van der Waals surface area contributed by atoms with Gasteiger partial charge in [0.05, 0.1) is 5.56 Å². The number of aromatic nitrogens is 5. The molecule has 1 amide bonds. The fraction of sp³-hybridized carbons (Fsp3) is 0.312. The van der Waals surface area contributed by atoms with E-state index in [-0.39, 0.29) is 11.9 Å². The van der Waals surface area contributed by atoms with Crippen molar-refractivity contribution in [3.63, 3.8) is 0 Å². The molecule has 4 rings (SSSR count). The van der Waals surface area contributed by atoms with Crippen molar-refractivity contribution in [1.82, 2.24) is 24.6 Å². The first-order valence-corrected chi connectivity index (χ1v) is 7.59. The van der Waals surface area contributed by atoms with Crippen LogP contribution in [0.5, 0.6) is 0 Å². The Bertz CT molecular complexity index is 899. The molecular formula is C16H16N6O. The third-order valence-corrected chi connectivity index (χ3v) is 4.31. The van der Waals surface area contributed by atoms with E-state index < -0.39 is 0 Å². The van der Waals surface area contributed by atoms with Gasteiger partial charge in [-0.1, -0.05) is 6.92 Å². The van der Waals surface area contributed by atoms with Crippen LogP contribution in [0.3, 0.4) is 0 Å². The molecule has 0 saturated heterocycles. The van der Waals surface area contributed by atoms with Crippen LogP contribution in [0.2, 0.25) is 0 Å². The minimum atomic E-state index is -0.270. The lowest BCUT2D eigenvalue weighted by Gasteiger charge is -2.10. The fourth-order valence-electron chi connectivity index (χ4n) is 3.05. The van der Waals surface area contributed by atoms with E-state index in [0.717, 1.165) is 18.4 Å². The number of nitrogens with zero attached hydrogens (tertiary/aromatic N) is 5. The van der Waals surface area contributed by atoms with E-state index in [1.165, 1.54) is 11.3 Å². The summed E-state index contributed by atoms with van der Waals surface area (Å²) in [4.78, 5) is 20.9. The molecule has 1 aliphatic carbocycles. The van der Waals surface area contributed by atoms with Crippen LogP contribution in [0.1, 0.15) is 46.4 Å². The molecule has 3 aromatic heterocycles. The van der Waals surface area contributed by atoms with Gasteiger partial charge in [-0.3, -0.25) is 14.5 Å². The molecule has 0 aliphatic heterocycles. The SMILES string of the molecule is Cc1cnc(NC(=O)c2cc3c(n4cnnc24)CC[C@@H]3C)nc1. The molecule has 3 aromatic rings. The summed E-state index contributed by atoms with van der Waals surface area (Å²) in [5.74, 6) is 0.444. The van der Waals surface area contributed by atoms with Crippen LogP contribution in [0, 0.1) is 6.92 Å². The molecule has 0 radical (unpaired) electrons. The van der Waals surface area contributed by atoms with Crippen LogP contribution >= 0.6 is 0 Å². The number of hydrogen-bond acceptors (Lipinski definition) is 5. The Labute approximate surface area is 132 Å². The van der Waals surface area contributed by atoms with Gasteiger partial charge in [0, 0.05) is 18.1 Å². The second-order valence-electron chi connectivity index (χ2n) is 5.96. The van der Waals surface area contributed by atoms with Crippen molar-refractivity contribution in [1.29, 1.82) is 0 Å². The van der Waals surface area contributed by atoms with Gasteiger partial charge in [-0.05, 0) is 42.9 Å². The number of carbonyl (C=O) groups excluding carboxylic acids is 1. The zero-order chi connectivity index (χ0) is 16.0. The third-order valence-electron chi connectivity index (χ3n) is 4.31. The third kappa shape index (κ3) is 2.25. The first-order chi connectivity index (χ1) is 11.1. The number of aryl methyl sites for hydroxylation is 2. The second-order valence-corrected chi connectivity index (χ2v) is 5.96. The average molecular weight is 308 g/mol. The van der Waals surface area contributed by atoms with Gasteiger partial charge < -0.3 is 0 Å². The van der Waals surface area contributed by atoms with Crippen LogP contribution in [0.25, 0.3) is 5.65 Å². The Morgan fingerprint density at radius 3 is 2.91 bits per heavy atom. The summed E-state index contributed by atoms with van der Waals surface area (Å²) in [5, 5.41) is 10.8. The fourth-order valence-corrected chi connectivity index (χ4v) is 3.05. The van der Waals surface area contributed by atoms with Crippen LogP contribution in [0.4, 0.5) is 5.95 Å². The highest BCUT2D eigenvalue weighted by Crippen LogP contribution is 2.34. The molecule has 3 heterocycles. The number of rotatable bonds is 2. The summed E-state index contributed by atoms with van der Waals surface area (Å²) in [5.41, 5.74) is 4.39. The van der Waals surface area contributed by atoms with Crippen molar-refractivity contribution in [2.24, 2.45) is 0 Å². The van der Waals surface area contributed by atoms with Crippen molar-refractivity contribution in [3.8, 4) is 0 Å². The van der Waals surface area contributed by atoms with Gasteiger partial charge in [0.2, 0.25) is 5.95 Å². The van der Waals surface area contributed by atoms with Gasteiger partial charge in [0.1, 0.15) is 6.33 Å². The smallest absolute Gasteiger partial charge is 0.261 e. The quantitative estimate of drug-likeness (QED) is 0.784. The standard InChI is InChI=1S/C16H16N6O/c1-9-6-17-16(18-7-9)20-15(23)12-5-11-10(2)3-4-13(11)22-8-19-21-14(12)22/h5-8,10H,3-4H2,1-2H3,(H,17,18,20,23)/t10-/m0/s1. The summed E-state index contributed by atoms with van der Waals surface area (Å²) in [6, 6.07) is 1.93. The van der Waals surface area contributed by atoms with E-state index in [9.17, 15) is 4.79 Å². The van der Waals surface area contributed by atoms with E-state index in [1.807, 2.05) is 17.4 Å². The Morgan fingerprint density at radius 2 is 2.13 bits per heavy atom. The maximum atomic E-state index is 12.6. The van der Waals surface area contributed by atoms with Gasteiger partial charge in [-0.2, -0.15) is 0 Å². The lowest BCUT2D eigenvalue weighted by Crippen LogP contribution is -2.16. The lowest BCUT2D eigenvalue weighted by molar-refractivity contribution is 0.102. The van der Waals surface area contributed by atoms with Crippen LogP contribution in [-0.4, -0.2) is 30.5 Å². The van der Waals surface area contributed by atoms with Gasteiger partial charge >= 0.3 is 0 Å². The number of pyridine rings is 1.